The molecule has 3 fully saturated rings. The van der Waals surface area contributed by atoms with Crippen LogP contribution in [0.15, 0.2) is 0 Å². The number of amides is 1. The lowest BCUT2D eigenvalue weighted by atomic mass is 9.94. The topological polar surface area (TPSA) is 44.4 Å². The van der Waals surface area contributed by atoms with Gasteiger partial charge in [0.2, 0.25) is 5.91 Å². The summed E-state index contributed by atoms with van der Waals surface area (Å²) in [6.45, 7) is 4.22. The molecule has 17 heavy (non-hydrogen) atoms. The summed E-state index contributed by atoms with van der Waals surface area (Å²) < 4.78 is 0. The van der Waals surface area contributed by atoms with E-state index in [1.54, 1.807) is 0 Å². The second-order valence-electron chi connectivity index (χ2n) is 5.72. The molecule has 3 rings (SSSR count). The maximum absolute atomic E-state index is 12.0. The molecule has 0 spiro atoms. The molecule has 96 valence electrons. The highest BCUT2D eigenvalue weighted by Crippen LogP contribution is 2.28. The van der Waals surface area contributed by atoms with Crippen molar-refractivity contribution in [2.45, 2.75) is 44.2 Å². The quantitative estimate of drug-likeness (QED) is 0.691. The number of fused-ring (bicyclic) bond motifs is 1. The lowest BCUT2D eigenvalue weighted by Crippen LogP contribution is -2.46. The number of nitrogens with one attached hydrogen (secondary N) is 2. The van der Waals surface area contributed by atoms with Gasteiger partial charge in [0.05, 0.1) is 6.04 Å². The van der Waals surface area contributed by atoms with E-state index in [-0.39, 0.29) is 11.9 Å². The van der Waals surface area contributed by atoms with Gasteiger partial charge in [-0.05, 0) is 44.6 Å². The Kier molecular flexibility index (Phi) is 3.34. The Labute approximate surface area is 103 Å². The minimum atomic E-state index is 0.143. The van der Waals surface area contributed by atoms with Crippen molar-refractivity contribution >= 4 is 5.91 Å². The Morgan fingerprint density at radius 1 is 1.06 bits per heavy atom. The van der Waals surface area contributed by atoms with E-state index < -0.39 is 0 Å². The van der Waals surface area contributed by atoms with Crippen LogP contribution in [0.4, 0.5) is 0 Å². The average molecular weight is 237 g/mol. The number of nitrogens with zero attached hydrogens (tertiary/aromatic N) is 1. The molecule has 3 heterocycles. The van der Waals surface area contributed by atoms with Gasteiger partial charge in [0.25, 0.3) is 0 Å². The van der Waals surface area contributed by atoms with Gasteiger partial charge in [-0.1, -0.05) is 0 Å². The fraction of sp³-hybridized carbons (Fsp3) is 0.923. The smallest absolute Gasteiger partial charge is 0.237 e. The molecule has 0 radical (unpaired) electrons. The zero-order chi connectivity index (χ0) is 11.7. The standard InChI is InChI=1S/C13H23N3O/c17-13-12(5-1-2-6-15-13)16-8-10-4-3-7-14-11(10)9-16/h10-12,14H,1-9H2,(H,15,17)/t10-,11+,12?/m0/s1. The van der Waals surface area contributed by atoms with E-state index in [4.69, 9.17) is 0 Å². The second-order valence-corrected chi connectivity index (χ2v) is 5.72. The predicted molar refractivity (Wildman–Crippen MR) is 66.7 cm³/mol. The minimum Gasteiger partial charge on any atom is -0.355 e. The first-order chi connectivity index (χ1) is 8.34. The maximum Gasteiger partial charge on any atom is 0.237 e. The van der Waals surface area contributed by atoms with Crippen molar-refractivity contribution < 1.29 is 4.79 Å². The second kappa shape index (κ2) is 4.94. The Hall–Kier alpha value is -0.610. The van der Waals surface area contributed by atoms with Crippen molar-refractivity contribution in [1.29, 1.82) is 0 Å². The molecule has 0 aromatic rings. The zero-order valence-electron chi connectivity index (χ0n) is 10.5. The molecular formula is C13H23N3O. The summed E-state index contributed by atoms with van der Waals surface area (Å²) in [5.74, 6) is 1.04. The van der Waals surface area contributed by atoms with E-state index >= 15 is 0 Å². The number of carbonyl (C=O) groups is 1. The van der Waals surface area contributed by atoms with Crippen LogP contribution in [0.25, 0.3) is 0 Å². The van der Waals surface area contributed by atoms with Crippen LogP contribution in [0.5, 0.6) is 0 Å². The third-order valence-electron chi connectivity index (χ3n) is 4.57. The highest BCUT2D eigenvalue weighted by Gasteiger charge is 2.39. The number of hydrogen-bond acceptors (Lipinski definition) is 3. The van der Waals surface area contributed by atoms with Crippen LogP contribution < -0.4 is 10.6 Å². The van der Waals surface area contributed by atoms with E-state index in [0.717, 1.165) is 44.9 Å². The molecule has 2 N–H and O–H groups in total. The third-order valence-corrected chi connectivity index (χ3v) is 4.57. The first kappa shape index (κ1) is 11.5. The summed E-state index contributed by atoms with van der Waals surface area (Å²) in [5, 5.41) is 6.66. The van der Waals surface area contributed by atoms with Crippen molar-refractivity contribution in [3.05, 3.63) is 0 Å². The van der Waals surface area contributed by atoms with Crippen LogP contribution in [0.3, 0.4) is 0 Å². The Bertz CT molecular complexity index is 280. The number of likely N-dealkylation sites (tertiary alicyclic amines) is 1. The van der Waals surface area contributed by atoms with E-state index in [1.807, 2.05) is 0 Å². The van der Waals surface area contributed by atoms with E-state index in [2.05, 4.69) is 15.5 Å². The van der Waals surface area contributed by atoms with Crippen LogP contribution in [-0.4, -0.2) is 49.1 Å². The van der Waals surface area contributed by atoms with Gasteiger partial charge in [-0.3, -0.25) is 9.69 Å². The van der Waals surface area contributed by atoms with Crippen molar-refractivity contribution in [2.24, 2.45) is 5.92 Å². The summed E-state index contributed by atoms with van der Waals surface area (Å²) in [6, 6.07) is 0.782. The van der Waals surface area contributed by atoms with E-state index in [1.165, 1.54) is 19.3 Å². The van der Waals surface area contributed by atoms with Crippen LogP contribution in [-0.2, 0) is 4.79 Å². The van der Waals surface area contributed by atoms with E-state index in [9.17, 15) is 4.79 Å². The van der Waals surface area contributed by atoms with Gasteiger partial charge in [0, 0.05) is 25.7 Å². The normalized spacial score (nSPS) is 39.5. The zero-order valence-corrected chi connectivity index (χ0v) is 10.5. The highest BCUT2D eigenvalue weighted by molar-refractivity contribution is 5.82. The van der Waals surface area contributed by atoms with Gasteiger partial charge < -0.3 is 10.6 Å². The molecule has 4 nitrogen and oxygen atoms in total. The molecule has 0 saturated carbocycles. The SMILES string of the molecule is O=C1NCCCCC1N1C[C@@H]2CCCN[C@@H]2C1. The van der Waals surface area contributed by atoms with Gasteiger partial charge in [0.15, 0.2) is 0 Å². The summed E-state index contributed by atoms with van der Waals surface area (Å²) in [6.07, 6.45) is 6.00. The van der Waals surface area contributed by atoms with Crippen LogP contribution in [0.2, 0.25) is 0 Å². The summed E-state index contributed by atoms with van der Waals surface area (Å²) >= 11 is 0. The molecule has 1 amide bonds. The molecule has 3 aliphatic rings. The Morgan fingerprint density at radius 3 is 2.88 bits per heavy atom. The fourth-order valence-electron chi connectivity index (χ4n) is 3.61. The molecule has 0 aromatic heterocycles. The van der Waals surface area contributed by atoms with Crippen molar-refractivity contribution in [3.8, 4) is 0 Å². The molecule has 1 unspecified atom stereocenters. The molecule has 0 aromatic carbocycles. The number of carbonyl (C=O) groups excluding carboxylic acids is 1. The Morgan fingerprint density at radius 2 is 2.00 bits per heavy atom. The van der Waals surface area contributed by atoms with Gasteiger partial charge in [-0.2, -0.15) is 0 Å². The average Bonchev–Trinajstić information content (AvgIpc) is 2.65. The van der Waals surface area contributed by atoms with Gasteiger partial charge in [-0.15, -0.1) is 0 Å². The first-order valence-electron chi connectivity index (χ1n) is 7.10. The predicted octanol–water partition coefficient (Wildman–Crippen LogP) is 0.339. The minimum absolute atomic E-state index is 0.143. The molecule has 4 heteroatoms. The molecule has 3 saturated heterocycles. The highest BCUT2D eigenvalue weighted by atomic mass is 16.2. The van der Waals surface area contributed by atoms with Crippen molar-refractivity contribution in [1.82, 2.24) is 15.5 Å². The lowest BCUT2D eigenvalue weighted by Gasteiger charge is -2.25. The summed E-state index contributed by atoms with van der Waals surface area (Å²) in [5.41, 5.74) is 0. The molecule has 0 aliphatic carbocycles. The van der Waals surface area contributed by atoms with Crippen molar-refractivity contribution in [2.75, 3.05) is 26.2 Å². The largest absolute Gasteiger partial charge is 0.355 e. The number of rotatable bonds is 1. The Balaban J connectivity index is 1.65. The van der Waals surface area contributed by atoms with E-state index in [0.29, 0.717) is 6.04 Å². The lowest BCUT2D eigenvalue weighted by molar-refractivity contribution is -0.125. The maximum atomic E-state index is 12.0. The molecule has 3 aliphatic heterocycles. The van der Waals surface area contributed by atoms with Gasteiger partial charge >= 0.3 is 0 Å². The van der Waals surface area contributed by atoms with Crippen LogP contribution in [0, 0.1) is 5.92 Å². The van der Waals surface area contributed by atoms with Gasteiger partial charge in [-0.25, -0.2) is 0 Å². The molecule has 3 atom stereocenters. The number of piperidine rings is 1. The first-order valence-corrected chi connectivity index (χ1v) is 7.10. The van der Waals surface area contributed by atoms with Crippen LogP contribution in [0.1, 0.15) is 32.1 Å². The summed E-state index contributed by atoms with van der Waals surface area (Å²) in [7, 11) is 0. The van der Waals surface area contributed by atoms with Gasteiger partial charge in [0.1, 0.15) is 0 Å². The summed E-state index contributed by atoms with van der Waals surface area (Å²) in [4.78, 5) is 14.5. The molecule has 0 bridgehead atoms. The monoisotopic (exact) mass is 237 g/mol. The van der Waals surface area contributed by atoms with Crippen molar-refractivity contribution in [3.63, 3.8) is 0 Å². The number of hydrogen-bond donors (Lipinski definition) is 2. The fourth-order valence-corrected chi connectivity index (χ4v) is 3.61. The van der Waals surface area contributed by atoms with Crippen LogP contribution >= 0.6 is 0 Å². The molecular weight excluding hydrogens is 214 g/mol. The third kappa shape index (κ3) is 2.33.